The summed E-state index contributed by atoms with van der Waals surface area (Å²) in [6, 6.07) is 52.4. The standard InChI is InChI=1S/C58H68N2O4/c1-8-13-56(42(4)5)58(62)64-41-12-15-46-22-34-53(35-23-46)60(51-30-18-44(7)19-31-51)55-38-26-49(27-39-55)48-24-36-54(37-25-48)59(50-28-16-43(6)17-29-50)52-32-20-45(21-33-52)14-11-40-63-57(61)47(9-2)10-3/h16-39,42,47,56H,8-15,40-41H2,1-7H3. The largest absolute Gasteiger partial charge is 0.465 e. The fourth-order valence-corrected chi connectivity index (χ4v) is 8.29. The van der Waals surface area contributed by atoms with Gasteiger partial charge in [0.15, 0.2) is 0 Å². The summed E-state index contributed by atoms with van der Waals surface area (Å²) >= 11 is 0. The highest BCUT2D eigenvalue weighted by Gasteiger charge is 2.23. The van der Waals surface area contributed by atoms with Gasteiger partial charge in [0.05, 0.1) is 25.0 Å². The van der Waals surface area contributed by atoms with Crippen molar-refractivity contribution in [2.24, 2.45) is 17.8 Å². The number of nitrogens with zero attached hydrogens (tertiary/aromatic N) is 2. The average molecular weight is 857 g/mol. The van der Waals surface area contributed by atoms with Gasteiger partial charge in [-0.15, -0.1) is 0 Å². The van der Waals surface area contributed by atoms with Crippen molar-refractivity contribution in [2.45, 2.75) is 99.8 Å². The lowest BCUT2D eigenvalue weighted by Gasteiger charge is -2.26. The monoisotopic (exact) mass is 857 g/mol. The minimum atomic E-state index is -0.0768. The zero-order valence-corrected chi connectivity index (χ0v) is 39.2. The number of esters is 2. The minimum absolute atomic E-state index is 0.00544. The SMILES string of the molecule is CCCC(C(=O)OCCCc1ccc(N(c2ccc(C)cc2)c2ccc(-c3ccc(N(c4ccc(C)cc4)c4ccc(CCCOC(=O)C(CC)CC)cc4)cc3)cc2)cc1)C(C)C. The third kappa shape index (κ3) is 12.7. The predicted octanol–water partition coefficient (Wildman–Crippen LogP) is 15.4. The Labute approximate surface area is 383 Å². The first-order valence-corrected chi connectivity index (χ1v) is 23.5. The molecule has 6 heteroatoms. The number of hydrogen-bond acceptors (Lipinski definition) is 6. The molecule has 334 valence electrons. The van der Waals surface area contributed by atoms with E-state index in [1.807, 2.05) is 13.8 Å². The smallest absolute Gasteiger partial charge is 0.309 e. The van der Waals surface area contributed by atoms with Gasteiger partial charge >= 0.3 is 11.9 Å². The molecule has 0 saturated heterocycles. The van der Waals surface area contributed by atoms with Crippen LogP contribution >= 0.6 is 0 Å². The Hall–Kier alpha value is -6.14. The van der Waals surface area contributed by atoms with Crippen LogP contribution in [0.4, 0.5) is 34.1 Å². The summed E-state index contributed by atoms with van der Waals surface area (Å²) in [5.74, 6) is 0.124. The summed E-state index contributed by atoms with van der Waals surface area (Å²) in [7, 11) is 0. The molecule has 6 nitrogen and oxygen atoms in total. The highest BCUT2D eigenvalue weighted by atomic mass is 16.5. The van der Waals surface area contributed by atoms with Crippen molar-refractivity contribution in [3.05, 3.63) is 168 Å². The molecule has 0 fully saturated rings. The quantitative estimate of drug-likeness (QED) is 0.0501. The summed E-state index contributed by atoms with van der Waals surface area (Å²) in [6.45, 7) is 15.5. The molecule has 0 spiro atoms. The number of anilines is 6. The Morgan fingerprint density at radius 3 is 1.12 bits per heavy atom. The number of carbonyl (C=O) groups is 2. The van der Waals surface area contributed by atoms with E-state index in [9.17, 15) is 9.59 Å². The van der Waals surface area contributed by atoms with Crippen LogP contribution in [0.1, 0.15) is 95.4 Å². The maximum Gasteiger partial charge on any atom is 0.309 e. The molecule has 64 heavy (non-hydrogen) atoms. The Morgan fingerprint density at radius 2 is 0.797 bits per heavy atom. The Bertz CT molecular complexity index is 2330. The molecule has 0 amide bonds. The second kappa shape index (κ2) is 23.5. The zero-order valence-electron chi connectivity index (χ0n) is 39.2. The Kier molecular flexibility index (Phi) is 17.4. The molecule has 1 atom stereocenters. The minimum Gasteiger partial charge on any atom is -0.465 e. The van der Waals surface area contributed by atoms with Gasteiger partial charge in [-0.05, 0) is 160 Å². The van der Waals surface area contributed by atoms with Crippen molar-refractivity contribution in [1.82, 2.24) is 0 Å². The van der Waals surface area contributed by atoms with Gasteiger partial charge in [-0.1, -0.05) is 125 Å². The molecule has 6 aromatic rings. The van der Waals surface area contributed by atoms with Gasteiger partial charge in [0.2, 0.25) is 0 Å². The van der Waals surface area contributed by atoms with Gasteiger partial charge in [-0.3, -0.25) is 9.59 Å². The van der Waals surface area contributed by atoms with E-state index in [0.29, 0.717) is 19.1 Å². The van der Waals surface area contributed by atoms with E-state index in [-0.39, 0.29) is 23.8 Å². The van der Waals surface area contributed by atoms with Gasteiger partial charge in [0.1, 0.15) is 0 Å². The van der Waals surface area contributed by atoms with Crippen LogP contribution in [0.15, 0.2) is 146 Å². The molecule has 0 saturated carbocycles. The normalized spacial score (nSPS) is 11.7. The molecule has 6 aromatic carbocycles. The molecular formula is C58H68N2O4. The van der Waals surface area contributed by atoms with Crippen molar-refractivity contribution in [3.8, 4) is 11.1 Å². The molecule has 0 heterocycles. The molecule has 0 N–H and O–H groups in total. The molecular weight excluding hydrogens is 789 g/mol. The van der Waals surface area contributed by atoms with Crippen LogP contribution in [0, 0.1) is 31.6 Å². The summed E-state index contributed by atoms with van der Waals surface area (Å²) in [6.07, 6.45) is 6.79. The second-order valence-electron chi connectivity index (χ2n) is 17.5. The predicted molar refractivity (Wildman–Crippen MR) is 267 cm³/mol. The Balaban J connectivity index is 1.15. The number of rotatable bonds is 22. The van der Waals surface area contributed by atoms with Gasteiger partial charge in [0, 0.05) is 34.1 Å². The lowest BCUT2D eigenvalue weighted by atomic mass is 9.91. The van der Waals surface area contributed by atoms with Crippen LogP contribution < -0.4 is 9.80 Å². The third-order valence-corrected chi connectivity index (χ3v) is 12.3. The fraction of sp³-hybridized carbons (Fsp3) is 0.345. The second-order valence-corrected chi connectivity index (χ2v) is 17.5. The molecule has 0 bridgehead atoms. The van der Waals surface area contributed by atoms with Crippen molar-refractivity contribution in [2.75, 3.05) is 23.0 Å². The zero-order chi connectivity index (χ0) is 45.4. The van der Waals surface area contributed by atoms with E-state index >= 15 is 0 Å². The summed E-state index contributed by atoms with van der Waals surface area (Å²) in [5.41, 5.74) is 13.7. The maximum atomic E-state index is 12.7. The fourth-order valence-electron chi connectivity index (χ4n) is 8.29. The molecule has 0 radical (unpaired) electrons. The van der Waals surface area contributed by atoms with Crippen molar-refractivity contribution < 1.29 is 19.1 Å². The van der Waals surface area contributed by atoms with Crippen LogP contribution in [0.5, 0.6) is 0 Å². The molecule has 6 rings (SSSR count). The van der Waals surface area contributed by atoms with Gasteiger partial charge in [-0.25, -0.2) is 0 Å². The van der Waals surface area contributed by atoms with Crippen molar-refractivity contribution in [1.29, 1.82) is 0 Å². The number of benzene rings is 6. The van der Waals surface area contributed by atoms with E-state index in [0.717, 1.165) is 96.6 Å². The summed E-state index contributed by atoms with van der Waals surface area (Å²) in [5, 5.41) is 0. The number of aryl methyl sites for hydroxylation is 4. The average Bonchev–Trinajstić information content (AvgIpc) is 3.31. The van der Waals surface area contributed by atoms with E-state index in [1.165, 1.54) is 22.3 Å². The van der Waals surface area contributed by atoms with Crippen LogP contribution in [0.2, 0.25) is 0 Å². The first kappa shape index (κ1) is 47.3. The highest BCUT2D eigenvalue weighted by molar-refractivity contribution is 5.81. The molecule has 0 aliphatic rings. The van der Waals surface area contributed by atoms with E-state index in [2.05, 4.69) is 190 Å². The number of hydrogen-bond donors (Lipinski definition) is 0. The van der Waals surface area contributed by atoms with Crippen LogP contribution in [0.25, 0.3) is 11.1 Å². The Morgan fingerprint density at radius 1 is 0.469 bits per heavy atom. The summed E-state index contributed by atoms with van der Waals surface area (Å²) in [4.78, 5) is 29.6. The van der Waals surface area contributed by atoms with Gasteiger partial charge in [0.25, 0.3) is 0 Å². The molecule has 1 unspecified atom stereocenters. The lowest BCUT2D eigenvalue weighted by molar-refractivity contribution is -0.150. The number of carbonyl (C=O) groups excluding carboxylic acids is 2. The molecule has 0 aliphatic carbocycles. The number of ether oxygens (including phenoxy) is 2. The van der Waals surface area contributed by atoms with Crippen LogP contribution in [-0.2, 0) is 31.9 Å². The van der Waals surface area contributed by atoms with Gasteiger partial charge in [-0.2, -0.15) is 0 Å². The first-order chi connectivity index (χ1) is 31.1. The van der Waals surface area contributed by atoms with Crippen molar-refractivity contribution in [3.63, 3.8) is 0 Å². The van der Waals surface area contributed by atoms with E-state index in [1.54, 1.807) is 0 Å². The van der Waals surface area contributed by atoms with Gasteiger partial charge < -0.3 is 19.3 Å². The highest BCUT2D eigenvalue weighted by Crippen LogP contribution is 2.38. The van der Waals surface area contributed by atoms with E-state index in [4.69, 9.17) is 9.47 Å². The summed E-state index contributed by atoms with van der Waals surface area (Å²) < 4.78 is 11.3. The first-order valence-electron chi connectivity index (χ1n) is 23.5. The third-order valence-electron chi connectivity index (χ3n) is 12.3. The topological polar surface area (TPSA) is 59.1 Å². The maximum absolute atomic E-state index is 12.7. The van der Waals surface area contributed by atoms with E-state index < -0.39 is 0 Å². The van der Waals surface area contributed by atoms with Crippen molar-refractivity contribution >= 4 is 46.1 Å². The molecule has 0 aromatic heterocycles. The van der Waals surface area contributed by atoms with Crippen LogP contribution in [0.3, 0.4) is 0 Å². The molecule has 0 aliphatic heterocycles. The van der Waals surface area contributed by atoms with Crippen LogP contribution in [-0.4, -0.2) is 25.2 Å². The lowest BCUT2D eigenvalue weighted by Crippen LogP contribution is -2.23.